The fourth-order valence-electron chi connectivity index (χ4n) is 2.18. The lowest BCUT2D eigenvalue weighted by molar-refractivity contribution is -0.128. The van der Waals surface area contributed by atoms with E-state index in [2.05, 4.69) is 5.32 Å². The van der Waals surface area contributed by atoms with Gasteiger partial charge in [-0.3, -0.25) is 9.59 Å². The molecule has 2 rings (SSSR count). The zero-order chi connectivity index (χ0) is 18.9. The predicted molar refractivity (Wildman–Crippen MR) is 106 cm³/mol. The molecule has 0 saturated carbocycles. The summed E-state index contributed by atoms with van der Waals surface area (Å²) in [6.45, 7) is 2.58. The summed E-state index contributed by atoms with van der Waals surface area (Å²) >= 11 is 1.47. The van der Waals surface area contributed by atoms with Crippen LogP contribution in [-0.2, 0) is 16.0 Å². The molecule has 0 spiro atoms. The van der Waals surface area contributed by atoms with E-state index in [1.165, 1.54) is 11.8 Å². The molecule has 2 aromatic carbocycles. The van der Waals surface area contributed by atoms with Gasteiger partial charge in [-0.25, -0.2) is 0 Å². The van der Waals surface area contributed by atoms with Gasteiger partial charge in [0.25, 0.3) is 0 Å². The molecule has 0 radical (unpaired) electrons. The first-order valence-corrected chi connectivity index (χ1v) is 9.41. The van der Waals surface area contributed by atoms with Gasteiger partial charge in [0.1, 0.15) is 5.75 Å². The van der Waals surface area contributed by atoms with Crippen molar-refractivity contribution in [3.63, 3.8) is 0 Å². The van der Waals surface area contributed by atoms with E-state index in [1.807, 2.05) is 55.5 Å². The maximum atomic E-state index is 12.1. The highest BCUT2D eigenvalue weighted by atomic mass is 32.2. The van der Waals surface area contributed by atoms with Crippen LogP contribution in [-0.4, -0.2) is 43.2 Å². The van der Waals surface area contributed by atoms with Gasteiger partial charge in [-0.05, 0) is 48.9 Å². The van der Waals surface area contributed by atoms with Crippen molar-refractivity contribution >= 4 is 29.3 Å². The Bertz CT molecular complexity index is 728. The Labute approximate surface area is 158 Å². The number of hydrogen-bond donors (Lipinski definition) is 1. The normalized spacial score (nSPS) is 10.3. The van der Waals surface area contributed by atoms with Crippen molar-refractivity contribution in [3.8, 4) is 5.75 Å². The maximum Gasteiger partial charge on any atom is 0.234 e. The number of carbonyl (C=O) groups excluding carboxylic acids is 2. The Kier molecular flexibility index (Phi) is 7.53. The first kappa shape index (κ1) is 19.8. The molecular formula is C20H24N2O3S. The molecule has 0 fully saturated rings. The zero-order valence-corrected chi connectivity index (χ0v) is 16.1. The average molecular weight is 372 g/mol. The van der Waals surface area contributed by atoms with Crippen LogP contribution in [0.4, 0.5) is 5.69 Å². The van der Waals surface area contributed by atoms with Crippen molar-refractivity contribution in [2.24, 2.45) is 0 Å². The Morgan fingerprint density at radius 1 is 1.04 bits per heavy atom. The summed E-state index contributed by atoms with van der Waals surface area (Å²) in [5, 5.41) is 2.87. The molecule has 0 saturated heterocycles. The molecule has 0 atom stereocenters. The lowest BCUT2D eigenvalue weighted by Gasteiger charge is -2.10. The third kappa shape index (κ3) is 6.44. The van der Waals surface area contributed by atoms with Crippen LogP contribution in [0.5, 0.6) is 5.75 Å². The van der Waals surface area contributed by atoms with Crippen LogP contribution >= 0.6 is 11.8 Å². The van der Waals surface area contributed by atoms with E-state index in [9.17, 15) is 9.59 Å². The summed E-state index contributed by atoms with van der Waals surface area (Å²) in [6, 6.07) is 15.0. The van der Waals surface area contributed by atoms with E-state index in [4.69, 9.17) is 4.74 Å². The minimum absolute atomic E-state index is 0.0496. The van der Waals surface area contributed by atoms with Crippen molar-refractivity contribution in [2.75, 3.05) is 31.8 Å². The number of ether oxygens (including phenoxy) is 1. The summed E-state index contributed by atoms with van der Waals surface area (Å²) in [7, 11) is 3.47. The van der Waals surface area contributed by atoms with Crippen molar-refractivity contribution < 1.29 is 14.3 Å². The molecule has 0 aliphatic carbocycles. The molecule has 2 aromatic rings. The topological polar surface area (TPSA) is 58.6 Å². The minimum Gasteiger partial charge on any atom is -0.494 e. The highest BCUT2D eigenvalue weighted by molar-refractivity contribution is 8.00. The molecule has 0 aliphatic heterocycles. The maximum absolute atomic E-state index is 12.1. The molecule has 5 nitrogen and oxygen atoms in total. The summed E-state index contributed by atoms with van der Waals surface area (Å²) < 4.78 is 5.40. The van der Waals surface area contributed by atoms with Gasteiger partial charge < -0.3 is 15.0 Å². The zero-order valence-electron chi connectivity index (χ0n) is 15.3. The molecule has 1 N–H and O–H groups in total. The minimum atomic E-state index is -0.0685. The van der Waals surface area contributed by atoms with Crippen LogP contribution in [0.1, 0.15) is 12.5 Å². The van der Waals surface area contributed by atoms with Gasteiger partial charge in [-0.1, -0.05) is 12.1 Å². The van der Waals surface area contributed by atoms with Crippen molar-refractivity contribution in [1.82, 2.24) is 4.90 Å². The Hall–Kier alpha value is -2.47. The molecule has 0 heterocycles. The van der Waals surface area contributed by atoms with Crippen LogP contribution in [0.3, 0.4) is 0 Å². The Balaban J connectivity index is 1.81. The standard InChI is InChI=1S/C20H24N2O3S/c1-4-25-17-9-11-18(12-10-17)26-14-19(23)21-16-7-5-15(6-8-16)13-20(24)22(2)3/h5-12H,4,13-14H2,1-3H3,(H,21,23). The van der Waals surface area contributed by atoms with E-state index in [0.29, 0.717) is 18.8 Å². The van der Waals surface area contributed by atoms with E-state index in [-0.39, 0.29) is 11.8 Å². The second-order valence-corrected chi connectivity index (χ2v) is 6.95. The smallest absolute Gasteiger partial charge is 0.234 e. The molecule has 26 heavy (non-hydrogen) atoms. The second kappa shape index (κ2) is 9.87. The van der Waals surface area contributed by atoms with Crippen LogP contribution in [0.15, 0.2) is 53.4 Å². The fourth-order valence-corrected chi connectivity index (χ4v) is 2.88. The number of nitrogens with zero attached hydrogens (tertiary/aromatic N) is 1. The first-order valence-electron chi connectivity index (χ1n) is 8.42. The number of benzene rings is 2. The van der Waals surface area contributed by atoms with Gasteiger partial charge in [-0.2, -0.15) is 0 Å². The fraction of sp³-hybridized carbons (Fsp3) is 0.300. The number of nitrogens with one attached hydrogen (secondary N) is 1. The van der Waals surface area contributed by atoms with Crippen LogP contribution in [0, 0.1) is 0 Å². The molecule has 0 bridgehead atoms. The SMILES string of the molecule is CCOc1ccc(SCC(=O)Nc2ccc(CC(=O)N(C)C)cc2)cc1. The summed E-state index contributed by atoms with van der Waals surface area (Å²) in [4.78, 5) is 26.4. The summed E-state index contributed by atoms with van der Waals surface area (Å²) in [6.07, 6.45) is 0.356. The number of rotatable bonds is 8. The van der Waals surface area contributed by atoms with Gasteiger partial charge in [0, 0.05) is 24.7 Å². The van der Waals surface area contributed by atoms with E-state index in [0.717, 1.165) is 21.9 Å². The van der Waals surface area contributed by atoms with Gasteiger partial charge >= 0.3 is 0 Å². The van der Waals surface area contributed by atoms with Crippen molar-refractivity contribution in [3.05, 3.63) is 54.1 Å². The third-order valence-corrected chi connectivity index (χ3v) is 4.61. The first-order chi connectivity index (χ1) is 12.5. The largest absolute Gasteiger partial charge is 0.494 e. The summed E-state index contributed by atoms with van der Waals surface area (Å²) in [5.74, 6) is 1.14. The van der Waals surface area contributed by atoms with E-state index >= 15 is 0 Å². The Morgan fingerprint density at radius 2 is 1.69 bits per heavy atom. The van der Waals surface area contributed by atoms with Gasteiger partial charge in [-0.15, -0.1) is 11.8 Å². The van der Waals surface area contributed by atoms with E-state index < -0.39 is 0 Å². The third-order valence-electron chi connectivity index (χ3n) is 3.60. The Morgan fingerprint density at radius 3 is 2.27 bits per heavy atom. The highest BCUT2D eigenvalue weighted by Gasteiger charge is 2.07. The van der Waals surface area contributed by atoms with Gasteiger partial charge in [0.15, 0.2) is 0 Å². The lowest BCUT2D eigenvalue weighted by atomic mass is 10.1. The van der Waals surface area contributed by atoms with Gasteiger partial charge in [0.05, 0.1) is 18.8 Å². The van der Waals surface area contributed by atoms with Gasteiger partial charge in [0.2, 0.25) is 11.8 Å². The molecule has 0 unspecified atom stereocenters. The average Bonchev–Trinajstić information content (AvgIpc) is 2.63. The molecule has 2 amide bonds. The van der Waals surface area contributed by atoms with Crippen LogP contribution in [0.2, 0.25) is 0 Å². The number of hydrogen-bond acceptors (Lipinski definition) is 4. The molecule has 6 heteroatoms. The molecular weight excluding hydrogens is 348 g/mol. The quantitative estimate of drug-likeness (QED) is 0.721. The molecule has 138 valence electrons. The highest BCUT2D eigenvalue weighted by Crippen LogP contribution is 2.21. The predicted octanol–water partition coefficient (Wildman–Crippen LogP) is 3.45. The number of likely N-dealkylation sites (N-methyl/N-ethyl adjacent to an activating group) is 1. The summed E-state index contributed by atoms with van der Waals surface area (Å²) in [5.41, 5.74) is 1.65. The van der Waals surface area contributed by atoms with Crippen molar-refractivity contribution in [1.29, 1.82) is 0 Å². The van der Waals surface area contributed by atoms with E-state index in [1.54, 1.807) is 19.0 Å². The number of amides is 2. The molecule has 0 aromatic heterocycles. The van der Waals surface area contributed by atoms with Crippen LogP contribution < -0.4 is 10.1 Å². The number of thioether (sulfide) groups is 1. The number of anilines is 1. The molecule has 0 aliphatic rings. The monoisotopic (exact) mass is 372 g/mol. The lowest BCUT2D eigenvalue weighted by Crippen LogP contribution is -2.23. The van der Waals surface area contributed by atoms with Crippen LogP contribution in [0.25, 0.3) is 0 Å². The number of carbonyl (C=O) groups is 2. The van der Waals surface area contributed by atoms with Crippen molar-refractivity contribution in [2.45, 2.75) is 18.2 Å². The second-order valence-electron chi connectivity index (χ2n) is 5.90.